The lowest BCUT2D eigenvalue weighted by Crippen LogP contribution is -2.18. The van der Waals surface area contributed by atoms with E-state index >= 15 is 0 Å². The molecule has 0 saturated heterocycles. The highest BCUT2D eigenvalue weighted by atomic mass is 16.5. The van der Waals surface area contributed by atoms with Crippen molar-refractivity contribution in [1.82, 2.24) is 4.57 Å². The Morgan fingerprint density at radius 2 is 2.16 bits per heavy atom. The van der Waals surface area contributed by atoms with Crippen LogP contribution < -0.4 is 5.73 Å². The summed E-state index contributed by atoms with van der Waals surface area (Å²) in [5.74, 6) is 0.306. The number of carbonyl (C=O) groups excluding carboxylic acids is 1. The molecule has 1 aliphatic rings. The van der Waals surface area contributed by atoms with Gasteiger partial charge in [-0.05, 0) is 31.2 Å². The topological polar surface area (TPSA) is 57.2 Å². The van der Waals surface area contributed by atoms with Gasteiger partial charge in [-0.2, -0.15) is 0 Å². The molecule has 0 bridgehead atoms. The molecule has 0 radical (unpaired) electrons. The number of anilines is 1. The number of nitrogens with two attached hydrogens (primary N) is 1. The summed E-state index contributed by atoms with van der Waals surface area (Å²) < 4.78 is 7.34. The van der Waals surface area contributed by atoms with Crippen LogP contribution in [0.5, 0.6) is 0 Å². The lowest BCUT2D eigenvalue weighted by Gasteiger charge is -2.21. The van der Waals surface area contributed by atoms with E-state index in [4.69, 9.17) is 10.5 Å². The van der Waals surface area contributed by atoms with E-state index in [-0.39, 0.29) is 5.97 Å². The van der Waals surface area contributed by atoms with Gasteiger partial charge in [0.1, 0.15) is 5.69 Å². The third-order valence-electron chi connectivity index (χ3n) is 3.77. The van der Waals surface area contributed by atoms with E-state index in [1.54, 1.807) is 12.3 Å². The number of nitrogen functional groups attached to an aromatic ring is 1. The van der Waals surface area contributed by atoms with Crippen molar-refractivity contribution in [3.8, 4) is 0 Å². The van der Waals surface area contributed by atoms with Crippen LogP contribution in [-0.2, 0) is 11.3 Å². The lowest BCUT2D eigenvalue weighted by atomic mass is 9.90. The smallest absolute Gasteiger partial charge is 0.355 e. The molecule has 0 aromatic carbocycles. The fourth-order valence-electron chi connectivity index (χ4n) is 2.75. The maximum atomic E-state index is 12.1. The van der Waals surface area contributed by atoms with Crippen LogP contribution in [0.2, 0.25) is 0 Å². The summed E-state index contributed by atoms with van der Waals surface area (Å²) in [6.45, 7) is 3.43. The standard InChI is InChI=1S/C15H24N2O2/c1-2-8-17-10-13(16)9-14(17)15(18)19-11-12-6-4-3-5-7-12/h9-10,12H,2-8,11,16H2,1H3. The van der Waals surface area contributed by atoms with Gasteiger partial charge in [0.2, 0.25) is 0 Å². The van der Waals surface area contributed by atoms with E-state index in [2.05, 4.69) is 6.92 Å². The van der Waals surface area contributed by atoms with Crippen molar-refractivity contribution in [3.05, 3.63) is 18.0 Å². The molecule has 0 unspecified atom stereocenters. The van der Waals surface area contributed by atoms with Crippen molar-refractivity contribution in [1.29, 1.82) is 0 Å². The number of aromatic nitrogens is 1. The Hall–Kier alpha value is -1.45. The quantitative estimate of drug-likeness (QED) is 0.831. The summed E-state index contributed by atoms with van der Waals surface area (Å²) >= 11 is 0. The van der Waals surface area contributed by atoms with Gasteiger partial charge < -0.3 is 15.0 Å². The van der Waals surface area contributed by atoms with Gasteiger partial charge in [-0.25, -0.2) is 4.79 Å². The van der Waals surface area contributed by atoms with E-state index in [0.717, 1.165) is 13.0 Å². The first-order valence-corrected chi connectivity index (χ1v) is 7.33. The summed E-state index contributed by atoms with van der Waals surface area (Å²) in [5.41, 5.74) is 6.96. The molecule has 0 atom stereocenters. The first kappa shape index (κ1) is 14.0. The van der Waals surface area contributed by atoms with Crippen molar-refractivity contribution in [2.24, 2.45) is 5.92 Å². The number of rotatable bonds is 5. The van der Waals surface area contributed by atoms with Gasteiger partial charge in [-0.3, -0.25) is 0 Å². The predicted octanol–water partition coefficient (Wildman–Crippen LogP) is 3.22. The molecule has 1 saturated carbocycles. The number of carbonyl (C=O) groups is 1. The zero-order chi connectivity index (χ0) is 13.7. The molecular weight excluding hydrogens is 240 g/mol. The van der Waals surface area contributed by atoms with Gasteiger partial charge in [0.25, 0.3) is 0 Å². The minimum absolute atomic E-state index is 0.240. The number of esters is 1. The van der Waals surface area contributed by atoms with Crippen molar-refractivity contribution in [2.45, 2.75) is 52.0 Å². The highest BCUT2D eigenvalue weighted by Gasteiger charge is 2.18. The third-order valence-corrected chi connectivity index (χ3v) is 3.77. The minimum atomic E-state index is -0.240. The molecule has 2 N–H and O–H groups in total. The lowest BCUT2D eigenvalue weighted by molar-refractivity contribution is 0.0398. The molecule has 1 aliphatic carbocycles. The van der Waals surface area contributed by atoms with Crippen molar-refractivity contribution >= 4 is 11.7 Å². The Morgan fingerprint density at radius 3 is 2.84 bits per heavy atom. The molecule has 1 fully saturated rings. The summed E-state index contributed by atoms with van der Waals surface area (Å²) in [5, 5.41) is 0. The third kappa shape index (κ3) is 3.75. The van der Waals surface area contributed by atoms with Crippen molar-refractivity contribution < 1.29 is 9.53 Å². The molecule has 1 heterocycles. The molecule has 4 heteroatoms. The maximum Gasteiger partial charge on any atom is 0.355 e. The van der Waals surface area contributed by atoms with Gasteiger partial charge in [-0.15, -0.1) is 0 Å². The Morgan fingerprint density at radius 1 is 1.42 bits per heavy atom. The first-order chi connectivity index (χ1) is 9.20. The Bertz CT molecular complexity index is 420. The monoisotopic (exact) mass is 264 g/mol. The van der Waals surface area contributed by atoms with Crippen LogP contribution in [-0.4, -0.2) is 17.1 Å². The molecule has 0 amide bonds. The minimum Gasteiger partial charge on any atom is -0.461 e. The van der Waals surface area contributed by atoms with E-state index in [0.29, 0.717) is 23.9 Å². The second-order valence-corrected chi connectivity index (χ2v) is 5.45. The van der Waals surface area contributed by atoms with Crippen LogP contribution in [0.15, 0.2) is 12.3 Å². The first-order valence-electron chi connectivity index (χ1n) is 7.33. The second kappa shape index (κ2) is 6.64. The SMILES string of the molecule is CCCn1cc(N)cc1C(=O)OCC1CCCCC1. The molecule has 1 aromatic rings. The van der Waals surface area contributed by atoms with E-state index < -0.39 is 0 Å². The Balaban J connectivity index is 1.91. The van der Waals surface area contributed by atoms with E-state index in [9.17, 15) is 4.79 Å². The number of ether oxygens (including phenoxy) is 1. The normalized spacial score (nSPS) is 16.5. The van der Waals surface area contributed by atoms with Crippen molar-refractivity contribution in [2.75, 3.05) is 12.3 Å². The number of hydrogen-bond donors (Lipinski definition) is 1. The molecule has 0 aliphatic heterocycles. The average molecular weight is 264 g/mol. The predicted molar refractivity (Wildman–Crippen MR) is 76.0 cm³/mol. The second-order valence-electron chi connectivity index (χ2n) is 5.45. The van der Waals surface area contributed by atoms with Gasteiger partial charge in [-0.1, -0.05) is 26.2 Å². The number of hydrogen-bond acceptors (Lipinski definition) is 3. The van der Waals surface area contributed by atoms with Crippen LogP contribution in [0.3, 0.4) is 0 Å². The highest BCUT2D eigenvalue weighted by molar-refractivity contribution is 5.89. The highest BCUT2D eigenvalue weighted by Crippen LogP contribution is 2.24. The fourth-order valence-corrected chi connectivity index (χ4v) is 2.75. The molecule has 0 spiro atoms. The van der Waals surface area contributed by atoms with Gasteiger partial charge in [0, 0.05) is 12.7 Å². The summed E-state index contributed by atoms with van der Waals surface area (Å²) in [4.78, 5) is 12.1. The Labute approximate surface area is 114 Å². The van der Waals surface area contributed by atoms with Crippen LogP contribution in [0, 0.1) is 5.92 Å². The van der Waals surface area contributed by atoms with Gasteiger partial charge >= 0.3 is 5.97 Å². The van der Waals surface area contributed by atoms with Gasteiger partial charge in [0.05, 0.1) is 12.3 Å². The summed E-state index contributed by atoms with van der Waals surface area (Å²) in [6.07, 6.45) is 9.00. The molecule has 1 aromatic heterocycles. The summed E-state index contributed by atoms with van der Waals surface area (Å²) in [7, 11) is 0. The molecular formula is C15H24N2O2. The maximum absolute atomic E-state index is 12.1. The van der Waals surface area contributed by atoms with Crippen LogP contribution >= 0.6 is 0 Å². The zero-order valence-corrected chi connectivity index (χ0v) is 11.7. The van der Waals surface area contributed by atoms with E-state index in [1.807, 2.05) is 4.57 Å². The molecule has 19 heavy (non-hydrogen) atoms. The zero-order valence-electron chi connectivity index (χ0n) is 11.7. The Kier molecular flexibility index (Phi) is 4.88. The largest absolute Gasteiger partial charge is 0.461 e. The molecule has 106 valence electrons. The fraction of sp³-hybridized carbons (Fsp3) is 0.667. The summed E-state index contributed by atoms with van der Waals surface area (Å²) in [6, 6.07) is 1.71. The molecule has 2 rings (SSSR count). The van der Waals surface area contributed by atoms with Crippen molar-refractivity contribution in [3.63, 3.8) is 0 Å². The number of aryl methyl sites for hydroxylation is 1. The van der Waals surface area contributed by atoms with Crippen LogP contribution in [0.4, 0.5) is 5.69 Å². The van der Waals surface area contributed by atoms with E-state index in [1.165, 1.54) is 32.1 Å². The van der Waals surface area contributed by atoms with Crippen LogP contribution in [0.1, 0.15) is 55.9 Å². The average Bonchev–Trinajstić information content (AvgIpc) is 2.79. The number of nitrogens with zero attached hydrogens (tertiary/aromatic N) is 1. The molecule has 4 nitrogen and oxygen atoms in total. The van der Waals surface area contributed by atoms with Crippen LogP contribution in [0.25, 0.3) is 0 Å². The van der Waals surface area contributed by atoms with Gasteiger partial charge in [0.15, 0.2) is 0 Å².